The number of pyridine rings is 1. The van der Waals surface area contributed by atoms with Gasteiger partial charge in [-0.2, -0.15) is 4.39 Å². The van der Waals surface area contributed by atoms with Gasteiger partial charge in [0.15, 0.2) is 0 Å². The van der Waals surface area contributed by atoms with E-state index in [1.165, 1.54) is 6.07 Å². The topological polar surface area (TPSA) is 45.2 Å². The summed E-state index contributed by atoms with van der Waals surface area (Å²) < 4.78 is 13.5. The van der Waals surface area contributed by atoms with E-state index in [1.807, 2.05) is 4.90 Å². The first-order chi connectivity index (χ1) is 11.5. The van der Waals surface area contributed by atoms with Crippen LogP contribution in [0.1, 0.15) is 30.0 Å². The number of amides is 2. The summed E-state index contributed by atoms with van der Waals surface area (Å²) in [6.07, 6.45) is 4.02. The molecular formula is C17H14Cl2FN3O. The Hall–Kier alpha value is -1.85. The Morgan fingerprint density at radius 1 is 1.25 bits per heavy atom. The second-order valence-electron chi connectivity index (χ2n) is 6.12. The lowest BCUT2D eigenvalue weighted by Crippen LogP contribution is -2.44. The van der Waals surface area contributed by atoms with Crippen molar-refractivity contribution in [3.63, 3.8) is 0 Å². The number of urea groups is 1. The molecule has 124 valence electrons. The van der Waals surface area contributed by atoms with E-state index in [1.54, 1.807) is 24.4 Å². The average molecular weight is 366 g/mol. The standard InChI is InChI=1S/C17H14Cl2FN3O/c18-13-3-1-10(6-14(13)19)22-17(24)23-11-2-4-15(23)12-7-16(20)21-8-9(12)5-11/h1,3,6-8,11,15H,2,4-5H2,(H,22,24). The van der Waals surface area contributed by atoms with Crippen LogP contribution in [0, 0.1) is 5.95 Å². The first kappa shape index (κ1) is 15.7. The SMILES string of the molecule is O=C(Nc1ccc(Cl)c(Cl)c1)N1C2CCC1c1cc(F)ncc1C2. The molecule has 1 aromatic heterocycles. The first-order valence-electron chi connectivity index (χ1n) is 7.71. The molecule has 2 atom stereocenters. The van der Waals surface area contributed by atoms with E-state index in [0.29, 0.717) is 22.2 Å². The molecule has 1 N–H and O–H groups in total. The van der Waals surface area contributed by atoms with Crippen molar-refractivity contribution in [2.75, 3.05) is 5.32 Å². The Morgan fingerprint density at radius 2 is 2.08 bits per heavy atom. The molecule has 0 aliphatic carbocycles. The van der Waals surface area contributed by atoms with E-state index in [0.717, 1.165) is 24.0 Å². The largest absolute Gasteiger partial charge is 0.322 e. The fraction of sp³-hybridized carbons (Fsp3) is 0.294. The third-order valence-corrected chi connectivity index (χ3v) is 5.45. The molecular weight excluding hydrogens is 352 g/mol. The van der Waals surface area contributed by atoms with Gasteiger partial charge in [0.25, 0.3) is 0 Å². The summed E-state index contributed by atoms with van der Waals surface area (Å²) in [7, 11) is 0. The number of hydrogen-bond donors (Lipinski definition) is 1. The number of nitrogens with zero attached hydrogens (tertiary/aromatic N) is 2. The monoisotopic (exact) mass is 365 g/mol. The van der Waals surface area contributed by atoms with Crippen molar-refractivity contribution in [2.24, 2.45) is 0 Å². The van der Waals surface area contributed by atoms with Crippen LogP contribution in [0.3, 0.4) is 0 Å². The Bertz CT molecular complexity index is 829. The molecule has 2 amide bonds. The number of aromatic nitrogens is 1. The normalized spacial score (nSPS) is 21.5. The predicted molar refractivity (Wildman–Crippen MR) is 91.0 cm³/mol. The molecule has 0 radical (unpaired) electrons. The molecule has 4 nitrogen and oxygen atoms in total. The van der Waals surface area contributed by atoms with Crippen molar-refractivity contribution in [3.05, 3.63) is 57.6 Å². The van der Waals surface area contributed by atoms with Gasteiger partial charge in [-0.3, -0.25) is 0 Å². The molecule has 2 aliphatic heterocycles. The predicted octanol–water partition coefficient (Wildman–Crippen LogP) is 4.82. The summed E-state index contributed by atoms with van der Waals surface area (Å²) in [5.74, 6) is -0.510. The van der Waals surface area contributed by atoms with Crippen molar-refractivity contribution >= 4 is 34.9 Å². The van der Waals surface area contributed by atoms with Gasteiger partial charge in [-0.25, -0.2) is 9.78 Å². The van der Waals surface area contributed by atoms with Gasteiger partial charge < -0.3 is 10.2 Å². The van der Waals surface area contributed by atoms with Gasteiger partial charge in [-0.05, 0) is 54.7 Å². The van der Waals surface area contributed by atoms with Gasteiger partial charge >= 0.3 is 6.03 Å². The minimum atomic E-state index is -0.510. The van der Waals surface area contributed by atoms with Crippen molar-refractivity contribution in [1.82, 2.24) is 9.88 Å². The van der Waals surface area contributed by atoms with Gasteiger partial charge in [0.2, 0.25) is 5.95 Å². The molecule has 2 unspecified atom stereocenters. The van der Waals surface area contributed by atoms with E-state index >= 15 is 0 Å². The van der Waals surface area contributed by atoms with Crippen LogP contribution in [0.15, 0.2) is 30.5 Å². The molecule has 1 fully saturated rings. The maximum Gasteiger partial charge on any atom is 0.322 e. The van der Waals surface area contributed by atoms with Crippen LogP contribution in [-0.2, 0) is 6.42 Å². The van der Waals surface area contributed by atoms with Gasteiger partial charge in [0.1, 0.15) is 0 Å². The zero-order valence-electron chi connectivity index (χ0n) is 12.6. The number of carbonyl (C=O) groups is 1. The van der Waals surface area contributed by atoms with Crippen LogP contribution < -0.4 is 5.32 Å². The zero-order valence-corrected chi connectivity index (χ0v) is 14.1. The third kappa shape index (κ3) is 2.62. The van der Waals surface area contributed by atoms with E-state index < -0.39 is 5.95 Å². The number of nitrogens with one attached hydrogen (secondary N) is 1. The van der Waals surface area contributed by atoms with Crippen molar-refractivity contribution in [2.45, 2.75) is 31.3 Å². The van der Waals surface area contributed by atoms with Crippen LogP contribution >= 0.6 is 23.2 Å². The first-order valence-corrected chi connectivity index (χ1v) is 8.47. The van der Waals surface area contributed by atoms with Crippen LogP contribution in [0.25, 0.3) is 0 Å². The maximum atomic E-state index is 13.5. The van der Waals surface area contributed by atoms with E-state index in [2.05, 4.69) is 10.3 Å². The van der Waals surface area contributed by atoms with E-state index in [4.69, 9.17) is 23.2 Å². The summed E-state index contributed by atoms with van der Waals surface area (Å²) in [6.45, 7) is 0. The molecule has 0 spiro atoms. The molecule has 2 bridgehead atoms. The molecule has 24 heavy (non-hydrogen) atoms. The Kier molecular flexibility index (Phi) is 3.85. The minimum absolute atomic E-state index is 0.109. The molecule has 4 rings (SSSR count). The highest BCUT2D eigenvalue weighted by Gasteiger charge is 2.42. The minimum Gasteiger partial charge on any atom is -0.314 e. The molecule has 1 saturated heterocycles. The zero-order chi connectivity index (χ0) is 16.8. The Labute approximate surface area is 148 Å². The second kappa shape index (κ2) is 5.90. The fourth-order valence-electron chi connectivity index (χ4n) is 3.66. The molecule has 0 saturated carbocycles. The Morgan fingerprint density at radius 3 is 2.88 bits per heavy atom. The highest BCUT2D eigenvalue weighted by Crippen LogP contribution is 2.43. The van der Waals surface area contributed by atoms with Crippen LogP contribution in [0.2, 0.25) is 10.0 Å². The quantitative estimate of drug-likeness (QED) is 0.736. The molecule has 7 heteroatoms. The number of fused-ring (bicyclic) bond motifs is 4. The lowest BCUT2D eigenvalue weighted by Gasteiger charge is -2.36. The van der Waals surface area contributed by atoms with Crippen molar-refractivity contribution in [1.29, 1.82) is 0 Å². The van der Waals surface area contributed by atoms with E-state index in [9.17, 15) is 9.18 Å². The molecule has 2 aromatic rings. The summed E-state index contributed by atoms with van der Waals surface area (Å²) in [5, 5.41) is 3.68. The van der Waals surface area contributed by atoms with Crippen LogP contribution in [-0.4, -0.2) is 22.0 Å². The number of carbonyl (C=O) groups excluding carboxylic acids is 1. The van der Waals surface area contributed by atoms with Gasteiger partial charge in [0, 0.05) is 17.9 Å². The number of halogens is 3. The summed E-state index contributed by atoms with van der Waals surface area (Å²) >= 11 is 11.9. The molecule has 2 aliphatic rings. The fourth-order valence-corrected chi connectivity index (χ4v) is 3.96. The second-order valence-corrected chi connectivity index (χ2v) is 6.94. The van der Waals surface area contributed by atoms with Gasteiger partial charge in [0.05, 0.1) is 16.1 Å². The highest BCUT2D eigenvalue weighted by atomic mass is 35.5. The summed E-state index contributed by atoms with van der Waals surface area (Å²) in [6, 6.07) is 6.20. The van der Waals surface area contributed by atoms with Gasteiger partial charge in [-0.1, -0.05) is 23.2 Å². The smallest absolute Gasteiger partial charge is 0.314 e. The number of anilines is 1. The summed E-state index contributed by atoms with van der Waals surface area (Å²) in [4.78, 5) is 18.3. The summed E-state index contributed by atoms with van der Waals surface area (Å²) in [5.41, 5.74) is 2.48. The third-order valence-electron chi connectivity index (χ3n) is 4.71. The highest BCUT2D eigenvalue weighted by molar-refractivity contribution is 6.42. The number of benzene rings is 1. The van der Waals surface area contributed by atoms with E-state index in [-0.39, 0.29) is 18.1 Å². The molecule has 1 aromatic carbocycles. The van der Waals surface area contributed by atoms with Gasteiger partial charge in [-0.15, -0.1) is 0 Å². The van der Waals surface area contributed by atoms with Crippen LogP contribution in [0.5, 0.6) is 0 Å². The van der Waals surface area contributed by atoms with Crippen LogP contribution in [0.4, 0.5) is 14.9 Å². The van der Waals surface area contributed by atoms with Crippen molar-refractivity contribution in [3.8, 4) is 0 Å². The molecule has 3 heterocycles. The lowest BCUT2D eigenvalue weighted by atomic mass is 9.95. The lowest BCUT2D eigenvalue weighted by molar-refractivity contribution is 0.179. The Balaban J connectivity index is 1.60. The van der Waals surface area contributed by atoms with Crippen molar-refractivity contribution < 1.29 is 9.18 Å². The maximum absolute atomic E-state index is 13.5. The average Bonchev–Trinajstić information content (AvgIpc) is 2.88. The number of rotatable bonds is 1. The number of hydrogen-bond acceptors (Lipinski definition) is 2.